The van der Waals surface area contributed by atoms with Gasteiger partial charge in [-0.3, -0.25) is 0 Å². The quantitative estimate of drug-likeness (QED) is 0.829. The Morgan fingerprint density at radius 1 is 1.05 bits per heavy atom. The molecule has 0 aliphatic heterocycles. The Morgan fingerprint density at radius 2 is 1.71 bits per heavy atom. The Balaban J connectivity index is 2.02. The number of rotatable bonds is 5. The van der Waals surface area contributed by atoms with Crippen LogP contribution in [0.5, 0.6) is 5.75 Å². The van der Waals surface area contributed by atoms with Gasteiger partial charge < -0.3 is 14.8 Å². The normalized spacial score (nSPS) is 10.8. The van der Waals surface area contributed by atoms with Gasteiger partial charge in [0.05, 0.1) is 0 Å². The van der Waals surface area contributed by atoms with Gasteiger partial charge in [-0.15, -0.1) is 0 Å². The van der Waals surface area contributed by atoms with E-state index in [0.717, 1.165) is 16.9 Å². The van der Waals surface area contributed by atoms with Crippen molar-refractivity contribution in [3.05, 3.63) is 59.2 Å². The van der Waals surface area contributed by atoms with Crippen LogP contribution in [0.2, 0.25) is 0 Å². The molecule has 0 aliphatic carbocycles. The Hall–Kier alpha value is -1.78. The van der Waals surface area contributed by atoms with E-state index in [1.165, 1.54) is 5.56 Å². The lowest BCUT2D eigenvalue weighted by Gasteiger charge is -2.11. The van der Waals surface area contributed by atoms with Gasteiger partial charge in [-0.05, 0) is 41.1 Å². The van der Waals surface area contributed by atoms with Gasteiger partial charge in [0.2, 0.25) is 0 Å². The van der Waals surface area contributed by atoms with Crippen LogP contribution in [0.25, 0.3) is 0 Å². The minimum atomic E-state index is -1.44. The van der Waals surface area contributed by atoms with Gasteiger partial charge >= 0.3 is 7.12 Å². The molecular weight excluding hydrogens is 263 g/mol. The van der Waals surface area contributed by atoms with Crippen LogP contribution in [-0.4, -0.2) is 17.2 Å². The number of benzene rings is 2. The lowest BCUT2D eigenvalue weighted by atomic mass is 9.79. The van der Waals surface area contributed by atoms with Crippen LogP contribution in [-0.2, 0) is 6.61 Å². The summed E-state index contributed by atoms with van der Waals surface area (Å²) in [5, 5.41) is 18.3. The zero-order valence-electron chi connectivity index (χ0n) is 12.7. The van der Waals surface area contributed by atoms with Crippen LogP contribution in [0.15, 0.2) is 42.5 Å². The Morgan fingerprint density at radius 3 is 2.24 bits per heavy atom. The van der Waals surface area contributed by atoms with Crippen LogP contribution in [0.1, 0.15) is 36.5 Å². The van der Waals surface area contributed by atoms with E-state index in [-0.39, 0.29) is 0 Å². The van der Waals surface area contributed by atoms with Crippen molar-refractivity contribution in [2.24, 2.45) is 0 Å². The zero-order chi connectivity index (χ0) is 15.4. The molecule has 21 heavy (non-hydrogen) atoms. The smallest absolute Gasteiger partial charge is 0.488 e. The number of hydrogen-bond acceptors (Lipinski definition) is 3. The maximum atomic E-state index is 9.13. The van der Waals surface area contributed by atoms with E-state index < -0.39 is 7.12 Å². The molecular formula is C17H21BO3. The molecule has 2 rings (SSSR count). The minimum absolute atomic E-state index is 0.473. The van der Waals surface area contributed by atoms with Crippen molar-refractivity contribution in [3.8, 4) is 5.75 Å². The highest BCUT2D eigenvalue weighted by molar-refractivity contribution is 6.58. The molecule has 0 saturated carbocycles. The van der Waals surface area contributed by atoms with Gasteiger partial charge in [-0.2, -0.15) is 0 Å². The molecule has 2 aromatic carbocycles. The largest absolute Gasteiger partial charge is 0.489 e. The summed E-state index contributed by atoms with van der Waals surface area (Å²) in [4.78, 5) is 0. The SMILES string of the molecule is Cc1cc(B(O)O)ccc1OCc1ccc(C(C)C)cc1. The highest BCUT2D eigenvalue weighted by atomic mass is 16.5. The molecule has 0 heterocycles. The van der Waals surface area contributed by atoms with Crippen LogP contribution >= 0.6 is 0 Å². The fourth-order valence-corrected chi connectivity index (χ4v) is 2.15. The fraction of sp³-hybridized carbons (Fsp3) is 0.294. The molecule has 0 aliphatic rings. The molecule has 0 atom stereocenters. The van der Waals surface area contributed by atoms with Gasteiger partial charge in [0.1, 0.15) is 12.4 Å². The summed E-state index contributed by atoms with van der Waals surface area (Å²) < 4.78 is 5.79. The second-order valence-corrected chi connectivity index (χ2v) is 5.58. The van der Waals surface area contributed by atoms with Crippen molar-refractivity contribution < 1.29 is 14.8 Å². The molecule has 4 heteroatoms. The van der Waals surface area contributed by atoms with Crippen molar-refractivity contribution in [1.29, 1.82) is 0 Å². The number of ether oxygens (including phenoxy) is 1. The predicted octanol–water partition coefficient (Wildman–Crippen LogP) is 2.38. The van der Waals surface area contributed by atoms with Gasteiger partial charge in [0.25, 0.3) is 0 Å². The van der Waals surface area contributed by atoms with E-state index in [9.17, 15) is 0 Å². The van der Waals surface area contributed by atoms with E-state index in [4.69, 9.17) is 14.8 Å². The average molecular weight is 284 g/mol. The molecule has 0 amide bonds. The number of aryl methyl sites for hydroxylation is 1. The van der Waals surface area contributed by atoms with Gasteiger partial charge in [0, 0.05) is 0 Å². The van der Waals surface area contributed by atoms with Crippen molar-refractivity contribution >= 4 is 12.6 Å². The van der Waals surface area contributed by atoms with Gasteiger partial charge in [0.15, 0.2) is 0 Å². The molecule has 0 fully saturated rings. The van der Waals surface area contributed by atoms with Crippen LogP contribution in [0.3, 0.4) is 0 Å². The van der Waals surface area contributed by atoms with Crippen molar-refractivity contribution in [2.45, 2.75) is 33.3 Å². The molecule has 0 radical (unpaired) electrons. The Kier molecular flexibility index (Phi) is 5.05. The second kappa shape index (κ2) is 6.79. The van der Waals surface area contributed by atoms with Gasteiger partial charge in [-0.1, -0.05) is 50.2 Å². The molecule has 2 aromatic rings. The molecule has 0 unspecified atom stereocenters. The highest BCUT2D eigenvalue weighted by Crippen LogP contribution is 2.19. The van der Waals surface area contributed by atoms with Crippen molar-refractivity contribution in [3.63, 3.8) is 0 Å². The summed E-state index contributed by atoms with van der Waals surface area (Å²) in [6, 6.07) is 13.6. The molecule has 0 bridgehead atoms. The molecule has 0 spiro atoms. The van der Waals surface area contributed by atoms with E-state index in [2.05, 4.69) is 38.1 Å². The maximum Gasteiger partial charge on any atom is 0.488 e. The van der Waals surface area contributed by atoms with E-state index in [0.29, 0.717) is 18.0 Å². The Bertz CT molecular complexity index is 591. The second-order valence-electron chi connectivity index (χ2n) is 5.58. The first-order valence-electron chi connectivity index (χ1n) is 7.15. The summed E-state index contributed by atoms with van der Waals surface area (Å²) >= 11 is 0. The van der Waals surface area contributed by atoms with Crippen LogP contribution < -0.4 is 10.2 Å². The summed E-state index contributed by atoms with van der Waals surface area (Å²) in [7, 11) is -1.44. The molecule has 2 N–H and O–H groups in total. The lowest BCUT2D eigenvalue weighted by Crippen LogP contribution is -2.29. The topological polar surface area (TPSA) is 49.7 Å². The third-order valence-corrected chi connectivity index (χ3v) is 3.54. The molecule has 0 aromatic heterocycles. The van der Waals surface area contributed by atoms with E-state index >= 15 is 0 Å². The first-order valence-corrected chi connectivity index (χ1v) is 7.15. The van der Waals surface area contributed by atoms with Crippen molar-refractivity contribution in [2.75, 3.05) is 0 Å². The summed E-state index contributed by atoms with van der Waals surface area (Å²) in [6.07, 6.45) is 0. The Labute approximate surface area is 126 Å². The monoisotopic (exact) mass is 284 g/mol. The standard InChI is InChI=1S/C17H21BO3/c1-12(2)15-6-4-14(5-7-15)11-21-17-9-8-16(18(19)20)10-13(17)3/h4-10,12,19-20H,11H2,1-3H3. The molecule has 110 valence electrons. The first kappa shape index (κ1) is 15.6. The van der Waals surface area contributed by atoms with E-state index in [1.807, 2.05) is 6.92 Å². The first-order chi connectivity index (χ1) is 9.97. The molecule has 3 nitrogen and oxygen atoms in total. The fourth-order valence-electron chi connectivity index (χ4n) is 2.15. The van der Waals surface area contributed by atoms with E-state index in [1.54, 1.807) is 18.2 Å². The summed E-state index contributed by atoms with van der Waals surface area (Å²) in [5.74, 6) is 1.28. The third-order valence-electron chi connectivity index (χ3n) is 3.54. The average Bonchev–Trinajstić information content (AvgIpc) is 2.46. The number of hydrogen-bond donors (Lipinski definition) is 2. The third kappa shape index (κ3) is 4.10. The lowest BCUT2D eigenvalue weighted by molar-refractivity contribution is 0.304. The predicted molar refractivity (Wildman–Crippen MR) is 85.9 cm³/mol. The highest BCUT2D eigenvalue weighted by Gasteiger charge is 2.12. The maximum absolute atomic E-state index is 9.13. The van der Waals surface area contributed by atoms with Gasteiger partial charge in [-0.25, -0.2) is 0 Å². The van der Waals surface area contributed by atoms with Crippen LogP contribution in [0, 0.1) is 6.92 Å². The van der Waals surface area contributed by atoms with Crippen LogP contribution in [0.4, 0.5) is 0 Å². The zero-order valence-corrected chi connectivity index (χ0v) is 12.7. The van der Waals surface area contributed by atoms with Crippen molar-refractivity contribution in [1.82, 2.24) is 0 Å². The summed E-state index contributed by atoms with van der Waals surface area (Å²) in [5.41, 5.74) is 3.79. The summed E-state index contributed by atoms with van der Waals surface area (Å²) in [6.45, 7) is 6.74. The molecule has 0 saturated heterocycles. The minimum Gasteiger partial charge on any atom is -0.489 e.